The first-order valence-corrected chi connectivity index (χ1v) is 5.86. The van der Waals surface area contributed by atoms with E-state index >= 15 is 0 Å². The summed E-state index contributed by atoms with van der Waals surface area (Å²) in [7, 11) is 0. The second-order valence-electron chi connectivity index (χ2n) is 4.07. The summed E-state index contributed by atoms with van der Waals surface area (Å²) in [6.45, 7) is 4.62. The Morgan fingerprint density at radius 3 is 2.44 bits per heavy atom. The highest BCUT2D eigenvalue weighted by molar-refractivity contribution is 7.80. The van der Waals surface area contributed by atoms with Crippen molar-refractivity contribution in [2.24, 2.45) is 11.8 Å². The zero-order valence-corrected chi connectivity index (χ0v) is 10.3. The van der Waals surface area contributed by atoms with Crippen LogP contribution in [0.1, 0.15) is 13.8 Å². The van der Waals surface area contributed by atoms with Gasteiger partial charge in [-0.15, -0.1) is 0 Å². The van der Waals surface area contributed by atoms with Crippen LogP contribution in [-0.4, -0.2) is 12.4 Å². The molecule has 0 radical (unpaired) electrons. The molecule has 1 unspecified atom stereocenters. The van der Waals surface area contributed by atoms with Crippen LogP contribution in [0.5, 0.6) is 5.75 Å². The molecule has 0 saturated carbocycles. The molecule has 0 spiro atoms. The molecule has 1 atom stereocenters. The molecule has 90 valence electrons. The molecule has 0 N–H and O–H groups in total. The van der Waals surface area contributed by atoms with E-state index in [2.05, 4.69) is 26.5 Å². The van der Waals surface area contributed by atoms with Gasteiger partial charge in [-0.05, 0) is 23.8 Å². The monoisotopic (exact) mass is 246 g/mol. The van der Waals surface area contributed by atoms with Crippen LogP contribution in [0.3, 0.4) is 0 Å². The van der Waals surface area contributed by atoms with E-state index in [0.717, 1.165) is 12.1 Å². The second-order valence-corrected chi connectivity index (χ2v) is 4.44. The summed E-state index contributed by atoms with van der Waals surface area (Å²) in [5, 5.41) is 0. The summed E-state index contributed by atoms with van der Waals surface area (Å²) < 4.78 is 30.9. The van der Waals surface area contributed by atoms with Crippen LogP contribution in [0.2, 0.25) is 0 Å². The molecule has 0 aliphatic carbocycles. The average molecular weight is 246 g/mol. The molecule has 0 fully saturated rings. The van der Waals surface area contributed by atoms with Crippen molar-refractivity contribution in [1.29, 1.82) is 0 Å². The lowest BCUT2D eigenvalue weighted by atomic mass is 9.99. The summed E-state index contributed by atoms with van der Waals surface area (Å²) in [5.41, 5.74) is 0. The quantitative estimate of drug-likeness (QED) is 0.782. The average Bonchev–Trinajstić information content (AvgIpc) is 2.23. The number of rotatable bonds is 5. The zero-order chi connectivity index (χ0) is 12.1. The van der Waals surface area contributed by atoms with Gasteiger partial charge in [-0.2, -0.15) is 12.6 Å². The molecular formula is C12H16F2OS. The van der Waals surface area contributed by atoms with Crippen LogP contribution >= 0.6 is 12.6 Å². The summed E-state index contributed by atoms with van der Waals surface area (Å²) in [6.07, 6.45) is 0. The maximum absolute atomic E-state index is 12.9. The van der Waals surface area contributed by atoms with E-state index in [9.17, 15) is 8.78 Å². The molecule has 1 aromatic rings. The SMILES string of the molecule is CC(C)C(CS)COc1ccc(F)c(F)c1. The van der Waals surface area contributed by atoms with Crippen LogP contribution in [-0.2, 0) is 0 Å². The van der Waals surface area contributed by atoms with Gasteiger partial charge in [0.2, 0.25) is 0 Å². The minimum absolute atomic E-state index is 0.302. The third-order valence-corrected chi connectivity index (χ3v) is 3.00. The van der Waals surface area contributed by atoms with Crippen LogP contribution in [0.15, 0.2) is 18.2 Å². The molecule has 0 amide bonds. The van der Waals surface area contributed by atoms with Gasteiger partial charge in [0.1, 0.15) is 5.75 Å². The van der Waals surface area contributed by atoms with Crippen molar-refractivity contribution >= 4 is 12.6 Å². The van der Waals surface area contributed by atoms with Gasteiger partial charge in [0.05, 0.1) is 6.61 Å². The minimum Gasteiger partial charge on any atom is -0.493 e. The van der Waals surface area contributed by atoms with Gasteiger partial charge in [-0.1, -0.05) is 13.8 Å². The number of thiol groups is 1. The van der Waals surface area contributed by atoms with Gasteiger partial charge < -0.3 is 4.74 Å². The number of ether oxygens (including phenoxy) is 1. The topological polar surface area (TPSA) is 9.23 Å². The molecule has 0 aromatic heterocycles. The fourth-order valence-electron chi connectivity index (χ4n) is 1.23. The van der Waals surface area contributed by atoms with Crippen molar-refractivity contribution < 1.29 is 13.5 Å². The van der Waals surface area contributed by atoms with E-state index in [1.807, 2.05) is 0 Å². The van der Waals surface area contributed by atoms with Gasteiger partial charge in [0.25, 0.3) is 0 Å². The number of halogens is 2. The Bertz CT molecular complexity index is 342. The van der Waals surface area contributed by atoms with Gasteiger partial charge in [0.15, 0.2) is 11.6 Å². The largest absolute Gasteiger partial charge is 0.493 e. The fraction of sp³-hybridized carbons (Fsp3) is 0.500. The van der Waals surface area contributed by atoms with Crippen molar-refractivity contribution in [3.63, 3.8) is 0 Å². The first-order chi connectivity index (χ1) is 7.54. The van der Waals surface area contributed by atoms with Crippen LogP contribution in [0.4, 0.5) is 8.78 Å². The van der Waals surface area contributed by atoms with Crippen molar-refractivity contribution in [3.05, 3.63) is 29.8 Å². The smallest absolute Gasteiger partial charge is 0.162 e. The highest BCUT2D eigenvalue weighted by Crippen LogP contribution is 2.18. The van der Waals surface area contributed by atoms with Gasteiger partial charge in [-0.25, -0.2) is 8.78 Å². The Morgan fingerprint density at radius 1 is 1.25 bits per heavy atom. The Morgan fingerprint density at radius 2 is 1.94 bits per heavy atom. The predicted octanol–water partition coefficient (Wildman–Crippen LogP) is 3.55. The Balaban J connectivity index is 2.57. The van der Waals surface area contributed by atoms with E-state index in [0.29, 0.717) is 29.9 Å². The molecular weight excluding hydrogens is 230 g/mol. The summed E-state index contributed by atoms with van der Waals surface area (Å²) in [5.74, 6) is 0.0680. The predicted molar refractivity (Wildman–Crippen MR) is 64.0 cm³/mol. The fourth-order valence-corrected chi connectivity index (χ4v) is 1.75. The van der Waals surface area contributed by atoms with Crippen LogP contribution in [0.25, 0.3) is 0 Å². The molecule has 1 nitrogen and oxygen atoms in total. The first kappa shape index (κ1) is 13.3. The molecule has 0 saturated heterocycles. The van der Waals surface area contributed by atoms with Crippen molar-refractivity contribution in [1.82, 2.24) is 0 Å². The molecule has 1 aromatic carbocycles. The lowest BCUT2D eigenvalue weighted by Gasteiger charge is -2.18. The number of hydrogen-bond acceptors (Lipinski definition) is 2. The van der Waals surface area contributed by atoms with E-state index in [1.54, 1.807) is 0 Å². The summed E-state index contributed by atoms with van der Waals surface area (Å²) in [4.78, 5) is 0. The van der Waals surface area contributed by atoms with E-state index < -0.39 is 11.6 Å². The lowest BCUT2D eigenvalue weighted by Crippen LogP contribution is -2.19. The lowest BCUT2D eigenvalue weighted by molar-refractivity contribution is 0.226. The highest BCUT2D eigenvalue weighted by Gasteiger charge is 2.12. The third-order valence-electron chi connectivity index (χ3n) is 2.53. The Hall–Kier alpha value is -0.770. The molecule has 1 rings (SSSR count). The third kappa shape index (κ3) is 3.67. The highest BCUT2D eigenvalue weighted by atomic mass is 32.1. The van der Waals surface area contributed by atoms with Crippen LogP contribution < -0.4 is 4.74 Å². The molecule has 4 heteroatoms. The Kier molecular flexibility index (Phi) is 5.06. The van der Waals surface area contributed by atoms with E-state index in [4.69, 9.17) is 4.74 Å². The molecule has 0 aliphatic heterocycles. The normalized spacial score (nSPS) is 12.9. The Labute approximate surface area is 100 Å². The van der Waals surface area contributed by atoms with E-state index in [1.165, 1.54) is 6.07 Å². The molecule has 0 heterocycles. The molecule has 0 aliphatic rings. The number of hydrogen-bond donors (Lipinski definition) is 1. The molecule has 16 heavy (non-hydrogen) atoms. The second kappa shape index (κ2) is 6.09. The van der Waals surface area contributed by atoms with Gasteiger partial charge in [0, 0.05) is 12.0 Å². The maximum Gasteiger partial charge on any atom is 0.162 e. The van der Waals surface area contributed by atoms with Gasteiger partial charge in [-0.3, -0.25) is 0 Å². The van der Waals surface area contributed by atoms with E-state index in [-0.39, 0.29) is 0 Å². The van der Waals surface area contributed by atoms with Crippen molar-refractivity contribution in [2.45, 2.75) is 13.8 Å². The van der Waals surface area contributed by atoms with Crippen molar-refractivity contribution in [3.8, 4) is 5.75 Å². The maximum atomic E-state index is 12.9. The van der Waals surface area contributed by atoms with Crippen LogP contribution in [0, 0.1) is 23.5 Å². The minimum atomic E-state index is -0.885. The first-order valence-electron chi connectivity index (χ1n) is 5.23. The van der Waals surface area contributed by atoms with Gasteiger partial charge >= 0.3 is 0 Å². The van der Waals surface area contributed by atoms with Crippen molar-refractivity contribution in [2.75, 3.05) is 12.4 Å². The molecule has 0 bridgehead atoms. The summed E-state index contributed by atoms with van der Waals surface area (Å²) >= 11 is 4.22. The number of benzene rings is 1. The summed E-state index contributed by atoms with van der Waals surface area (Å²) in [6, 6.07) is 3.55. The standard InChI is InChI=1S/C12H16F2OS/c1-8(2)9(7-16)6-15-10-3-4-11(13)12(14)5-10/h3-5,8-9,16H,6-7H2,1-2H3. The zero-order valence-electron chi connectivity index (χ0n) is 9.41.